The van der Waals surface area contributed by atoms with Crippen molar-refractivity contribution in [2.45, 2.75) is 63.6 Å². The van der Waals surface area contributed by atoms with Gasteiger partial charge in [-0.15, -0.1) is 0 Å². The van der Waals surface area contributed by atoms with Gasteiger partial charge in [0.1, 0.15) is 6.23 Å². The van der Waals surface area contributed by atoms with Gasteiger partial charge in [-0.1, -0.05) is 6.92 Å². The molecule has 0 aromatic heterocycles. The van der Waals surface area contributed by atoms with Crippen LogP contribution >= 0.6 is 0 Å². The summed E-state index contributed by atoms with van der Waals surface area (Å²) >= 11 is 0. The van der Waals surface area contributed by atoms with E-state index in [1.165, 1.54) is 0 Å². The van der Waals surface area contributed by atoms with Gasteiger partial charge in [0.2, 0.25) is 6.41 Å². The van der Waals surface area contributed by atoms with E-state index in [0.29, 0.717) is 6.42 Å². The zero-order valence-electron chi connectivity index (χ0n) is 11.8. The summed E-state index contributed by atoms with van der Waals surface area (Å²) in [4.78, 5) is 0. The zero-order valence-corrected chi connectivity index (χ0v) is 11.8. The minimum atomic E-state index is -1.00. The molecule has 0 aliphatic carbocycles. The van der Waals surface area contributed by atoms with Crippen molar-refractivity contribution in [3.05, 3.63) is 0 Å². The average molecular weight is 277 g/mol. The maximum Gasteiger partial charge on any atom is 0.213 e. The molecule has 1 aliphatic heterocycles. The third-order valence-electron chi connectivity index (χ3n) is 3.57. The molecule has 6 N–H and O–H groups in total. The highest BCUT2D eigenvalue weighted by Gasteiger charge is 2.36. The highest BCUT2D eigenvalue weighted by molar-refractivity contribution is 4.93. The summed E-state index contributed by atoms with van der Waals surface area (Å²) in [6.45, 7) is 3.89. The normalized spacial score (nSPS) is 32.2. The lowest BCUT2D eigenvalue weighted by molar-refractivity contribution is -0.151. The van der Waals surface area contributed by atoms with Crippen LogP contribution in [0.1, 0.15) is 26.7 Å². The number of ether oxygens (including phenoxy) is 1. The van der Waals surface area contributed by atoms with Crippen molar-refractivity contribution in [3.8, 4) is 0 Å². The Morgan fingerprint density at radius 1 is 1.42 bits per heavy atom. The van der Waals surface area contributed by atoms with Gasteiger partial charge in [-0.25, -0.2) is 0 Å². The minimum Gasteiger partial charge on any atom is -0.395 e. The van der Waals surface area contributed by atoms with Gasteiger partial charge in [-0.2, -0.15) is 0 Å². The van der Waals surface area contributed by atoms with E-state index in [-0.39, 0.29) is 30.8 Å². The molecule has 1 heterocycles. The second-order valence-electron chi connectivity index (χ2n) is 5.01. The van der Waals surface area contributed by atoms with Crippen molar-refractivity contribution >= 4 is 0 Å². The van der Waals surface area contributed by atoms with Crippen LogP contribution in [0.15, 0.2) is 0 Å². The van der Waals surface area contributed by atoms with Crippen LogP contribution in [0.2, 0.25) is 0 Å². The Morgan fingerprint density at radius 2 is 2.11 bits per heavy atom. The summed E-state index contributed by atoms with van der Waals surface area (Å²) in [7, 11) is 1.61. The molecule has 6 atom stereocenters. The van der Waals surface area contributed by atoms with E-state index in [1.807, 2.05) is 13.8 Å². The van der Waals surface area contributed by atoms with Gasteiger partial charge < -0.3 is 25.4 Å². The molecule has 0 radical (unpaired) electrons. The van der Waals surface area contributed by atoms with Crippen molar-refractivity contribution in [2.24, 2.45) is 0 Å². The quantitative estimate of drug-likeness (QED) is 0.294. The predicted octanol–water partition coefficient (Wildman–Crippen LogP) is -1.70. The van der Waals surface area contributed by atoms with Crippen molar-refractivity contribution < 1.29 is 20.1 Å². The molecule has 7 heteroatoms. The van der Waals surface area contributed by atoms with E-state index in [2.05, 4.69) is 16.0 Å². The molecule has 0 aromatic carbocycles. The Hall–Kier alpha value is -0.280. The summed E-state index contributed by atoms with van der Waals surface area (Å²) in [6.07, 6.45) is -0.582. The number of hydrogen-bond donors (Lipinski definition) is 6. The molecule has 1 rings (SSSR count). The molecule has 19 heavy (non-hydrogen) atoms. The molecule has 114 valence electrons. The van der Waals surface area contributed by atoms with E-state index in [9.17, 15) is 10.2 Å². The van der Waals surface area contributed by atoms with Crippen molar-refractivity contribution in [3.63, 3.8) is 0 Å². The largest absolute Gasteiger partial charge is 0.395 e. The van der Waals surface area contributed by atoms with Crippen LogP contribution in [0.3, 0.4) is 0 Å². The summed E-state index contributed by atoms with van der Waals surface area (Å²) in [5.74, 6) is 0. The first kappa shape index (κ1) is 16.8. The van der Waals surface area contributed by atoms with Crippen molar-refractivity contribution in [1.82, 2.24) is 16.0 Å². The molecule has 0 bridgehead atoms. The standard InChI is InChI=1S/C12H27N3O4/c1-4-8(6-16)15-11(17)9-5-10(7(2)14-9)19-12(18)13-3/h7-18H,4-6H2,1-3H3/t7?,8-,9-,10-,11?,12?/m0/s1. The maximum atomic E-state index is 10.1. The molecule has 1 aliphatic rings. The molecular formula is C12H27N3O4. The first-order chi connectivity index (χ1) is 9.01. The Bertz CT molecular complexity index is 253. The Morgan fingerprint density at radius 3 is 2.63 bits per heavy atom. The van der Waals surface area contributed by atoms with E-state index in [4.69, 9.17) is 9.84 Å². The van der Waals surface area contributed by atoms with Crippen molar-refractivity contribution in [1.29, 1.82) is 0 Å². The lowest BCUT2D eigenvalue weighted by Gasteiger charge is -2.24. The second-order valence-corrected chi connectivity index (χ2v) is 5.01. The van der Waals surface area contributed by atoms with Crippen LogP contribution < -0.4 is 16.0 Å². The first-order valence-corrected chi connectivity index (χ1v) is 6.83. The van der Waals surface area contributed by atoms with Crippen LogP contribution in [0.25, 0.3) is 0 Å². The van der Waals surface area contributed by atoms with Crippen LogP contribution in [-0.4, -0.2) is 65.8 Å². The minimum absolute atomic E-state index is 0.00572. The number of hydrogen-bond acceptors (Lipinski definition) is 7. The summed E-state index contributed by atoms with van der Waals surface area (Å²) in [6, 6.07) is -0.238. The summed E-state index contributed by atoms with van der Waals surface area (Å²) in [5.41, 5.74) is 0. The molecule has 1 fully saturated rings. The van der Waals surface area contributed by atoms with E-state index < -0.39 is 12.6 Å². The highest BCUT2D eigenvalue weighted by Crippen LogP contribution is 2.19. The molecular weight excluding hydrogens is 250 g/mol. The van der Waals surface area contributed by atoms with Crippen LogP contribution in [0.4, 0.5) is 0 Å². The first-order valence-electron chi connectivity index (χ1n) is 6.83. The average Bonchev–Trinajstić information content (AvgIpc) is 2.77. The maximum absolute atomic E-state index is 10.1. The van der Waals surface area contributed by atoms with Crippen LogP contribution in [0, 0.1) is 0 Å². The Kier molecular flexibility index (Phi) is 7.16. The summed E-state index contributed by atoms with van der Waals surface area (Å²) in [5, 5.41) is 37.4. The smallest absolute Gasteiger partial charge is 0.213 e. The van der Waals surface area contributed by atoms with Gasteiger partial charge >= 0.3 is 0 Å². The van der Waals surface area contributed by atoms with E-state index in [1.54, 1.807) is 7.05 Å². The molecule has 0 aromatic rings. The van der Waals surface area contributed by atoms with Gasteiger partial charge in [0.25, 0.3) is 0 Å². The SMILES string of the molecule is CC[C@@H](CO)NC(O)[C@@H]1C[C@H](OC(O)NC)C(C)N1. The number of aliphatic hydroxyl groups excluding tert-OH is 3. The predicted molar refractivity (Wildman–Crippen MR) is 71.2 cm³/mol. The number of nitrogens with one attached hydrogen (secondary N) is 3. The molecule has 0 spiro atoms. The lowest BCUT2D eigenvalue weighted by Crippen LogP contribution is -2.50. The fourth-order valence-electron chi connectivity index (χ4n) is 2.25. The molecule has 3 unspecified atom stereocenters. The summed E-state index contributed by atoms with van der Waals surface area (Å²) < 4.78 is 5.40. The molecule has 0 amide bonds. The van der Waals surface area contributed by atoms with Crippen LogP contribution in [-0.2, 0) is 4.74 Å². The van der Waals surface area contributed by atoms with Gasteiger partial charge in [-0.3, -0.25) is 10.6 Å². The number of aliphatic hydroxyl groups is 3. The third kappa shape index (κ3) is 4.96. The zero-order chi connectivity index (χ0) is 14.4. The monoisotopic (exact) mass is 277 g/mol. The second kappa shape index (κ2) is 8.11. The van der Waals surface area contributed by atoms with Gasteiger partial charge in [-0.05, 0) is 26.8 Å². The Labute approximate surface area is 114 Å². The Balaban J connectivity index is 2.44. The lowest BCUT2D eigenvalue weighted by atomic mass is 10.1. The van der Waals surface area contributed by atoms with Gasteiger partial charge in [0.15, 0.2) is 0 Å². The molecule has 0 saturated carbocycles. The van der Waals surface area contributed by atoms with E-state index in [0.717, 1.165) is 6.42 Å². The van der Waals surface area contributed by atoms with Gasteiger partial charge in [0.05, 0.1) is 12.7 Å². The topological polar surface area (TPSA) is 106 Å². The molecule has 7 nitrogen and oxygen atoms in total. The highest BCUT2D eigenvalue weighted by atomic mass is 16.6. The molecule has 1 saturated heterocycles. The fourth-order valence-corrected chi connectivity index (χ4v) is 2.25. The number of rotatable bonds is 8. The van der Waals surface area contributed by atoms with Crippen molar-refractivity contribution in [2.75, 3.05) is 13.7 Å². The van der Waals surface area contributed by atoms with Crippen LogP contribution in [0.5, 0.6) is 0 Å². The van der Waals surface area contributed by atoms with Gasteiger partial charge in [0, 0.05) is 18.1 Å². The fraction of sp³-hybridized carbons (Fsp3) is 1.00. The third-order valence-corrected chi connectivity index (χ3v) is 3.57. The van der Waals surface area contributed by atoms with E-state index >= 15 is 0 Å².